The van der Waals surface area contributed by atoms with Crippen LogP contribution in [0.15, 0.2) is 35.8 Å². The molecule has 0 aliphatic heterocycles. The highest BCUT2D eigenvalue weighted by Crippen LogP contribution is 2.11. The van der Waals surface area contributed by atoms with Crippen LogP contribution in [0.2, 0.25) is 0 Å². The van der Waals surface area contributed by atoms with Gasteiger partial charge in [0.2, 0.25) is 0 Å². The van der Waals surface area contributed by atoms with Crippen molar-refractivity contribution in [3.05, 3.63) is 41.4 Å². The van der Waals surface area contributed by atoms with E-state index in [2.05, 4.69) is 15.6 Å². The summed E-state index contributed by atoms with van der Waals surface area (Å²) >= 11 is 0. The molecule has 1 aromatic heterocycles. The summed E-state index contributed by atoms with van der Waals surface area (Å²) in [5.41, 5.74) is 8.38. The van der Waals surface area contributed by atoms with Gasteiger partial charge in [-0.25, -0.2) is 0 Å². The average molecular weight is 263 g/mol. The van der Waals surface area contributed by atoms with Crippen LogP contribution < -0.4 is 16.4 Å². The molecule has 0 fully saturated rings. The van der Waals surface area contributed by atoms with Gasteiger partial charge in [-0.15, -0.1) is 0 Å². The molecule has 6 heteroatoms. The van der Waals surface area contributed by atoms with Crippen LogP contribution in [0.25, 0.3) is 0 Å². The Bertz CT molecular complexity index is 444. The van der Waals surface area contributed by atoms with Gasteiger partial charge in [0, 0.05) is 35.8 Å². The molecule has 0 saturated carbocycles. The average Bonchev–Trinajstić information content (AvgIpc) is 2.47. The van der Waals surface area contributed by atoms with E-state index in [1.165, 1.54) is 0 Å². The van der Waals surface area contributed by atoms with Crippen LogP contribution in [0.5, 0.6) is 0 Å². The number of nitrogens with one attached hydrogen (secondary N) is 3. The topological polar surface area (TPSA) is 107 Å². The predicted octanol–water partition coefficient (Wildman–Crippen LogP) is 0.157. The number of nitrogens with two attached hydrogens (primary N) is 1. The summed E-state index contributed by atoms with van der Waals surface area (Å²) in [4.78, 5) is 3.93. The van der Waals surface area contributed by atoms with Crippen LogP contribution >= 0.6 is 0 Å². The standard InChI is InChI=1S/C13H21N5O/c1-3-11(14)10(8-18-13(19)16-2)12(15)9-4-6-17-7-5-9/h4-7,13,15-16,18-19H,3,8,14H2,1-2H3/b11-10-,15-12?. The van der Waals surface area contributed by atoms with E-state index >= 15 is 0 Å². The number of pyridine rings is 1. The first-order valence-electron chi connectivity index (χ1n) is 6.15. The van der Waals surface area contributed by atoms with Gasteiger partial charge in [-0.1, -0.05) is 6.92 Å². The predicted molar refractivity (Wildman–Crippen MR) is 75.6 cm³/mol. The summed E-state index contributed by atoms with van der Waals surface area (Å²) in [7, 11) is 1.64. The Labute approximate surface area is 113 Å². The molecule has 0 amide bonds. The molecule has 0 spiro atoms. The Morgan fingerprint density at radius 3 is 2.63 bits per heavy atom. The minimum atomic E-state index is -0.829. The summed E-state index contributed by atoms with van der Waals surface area (Å²) in [6.45, 7) is 2.26. The molecule has 0 aliphatic rings. The van der Waals surface area contributed by atoms with Crippen molar-refractivity contribution in [1.29, 1.82) is 5.41 Å². The fraction of sp³-hybridized carbons (Fsp3) is 0.385. The lowest BCUT2D eigenvalue weighted by molar-refractivity contribution is 0.114. The molecule has 1 heterocycles. The lowest BCUT2D eigenvalue weighted by Gasteiger charge is -2.16. The maximum Gasteiger partial charge on any atom is 0.160 e. The molecule has 1 rings (SSSR count). The highest BCUT2D eigenvalue weighted by atomic mass is 16.3. The van der Waals surface area contributed by atoms with Crippen LogP contribution in [0.4, 0.5) is 0 Å². The number of aliphatic hydroxyl groups is 1. The van der Waals surface area contributed by atoms with E-state index in [1.807, 2.05) is 6.92 Å². The Hall–Kier alpha value is -1.76. The van der Waals surface area contributed by atoms with E-state index in [1.54, 1.807) is 31.6 Å². The lowest BCUT2D eigenvalue weighted by Crippen LogP contribution is -2.41. The number of hydrogen-bond donors (Lipinski definition) is 5. The van der Waals surface area contributed by atoms with E-state index in [0.717, 1.165) is 5.56 Å². The van der Waals surface area contributed by atoms with Crippen molar-refractivity contribution >= 4 is 5.71 Å². The number of hydrogen-bond acceptors (Lipinski definition) is 6. The molecule has 6 N–H and O–H groups in total. The van der Waals surface area contributed by atoms with Crippen molar-refractivity contribution < 1.29 is 5.11 Å². The molecule has 19 heavy (non-hydrogen) atoms. The van der Waals surface area contributed by atoms with Crippen LogP contribution in [0.3, 0.4) is 0 Å². The quantitative estimate of drug-likeness (QED) is 0.356. The first kappa shape index (κ1) is 15.3. The Balaban J connectivity index is 2.90. The molecule has 0 aromatic carbocycles. The molecule has 1 aromatic rings. The van der Waals surface area contributed by atoms with Crippen molar-refractivity contribution in [2.24, 2.45) is 5.73 Å². The van der Waals surface area contributed by atoms with E-state index in [-0.39, 0.29) is 0 Å². The van der Waals surface area contributed by atoms with Gasteiger partial charge in [-0.05, 0) is 25.6 Å². The van der Waals surface area contributed by atoms with Crippen LogP contribution in [0.1, 0.15) is 18.9 Å². The number of aliphatic hydroxyl groups excluding tert-OH is 1. The molecule has 0 bridgehead atoms. The van der Waals surface area contributed by atoms with Crippen LogP contribution in [-0.2, 0) is 0 Å². The largest absolute Gasteiger partial charge is 0.402 e. The Kier molecular flexibility index (Phi) is 6.14. The van der Waals surface area contributed by atoms with Gasteiger partial charge in [0.15, 0.2) is 6.35 Å². The summed E-state index contributed by atoms with van der Waals surface area (Å²) in [6.07, 6.45) is 3.10. The van der Waals surface area contributed by atoms with Crippen LogP contribution in [0, 0.1) is 5.41 Å². The molecule has 0 aliphatic carbocycles. The SMILES string of the molecule is CC/C(N)=C(\CNC(O)NC)C(=N)c1ccncc1. The van der Waals surface area contributed by atoms with Gasteiger partial charge in [0.05, 0.1) is 5.71 Å². The normalized spacial score (nSPS) is 13.8. The summed E-state index contributed by atoms with van der Waals surface area (Å²) in [5, 5.41) is 23.2. The Morgan fingerprint density at radius 2 is 2.11 bits per heavy atom. The fourth-order valence-corrected chi connectivity index (χ4v) is 1.57. The van der Waals surface area contributed by atoms with Gasteiger partial charge in [-0.2, -0.15) is 0 Å². The summed E-state index contributed by atoms with van der Waals surface area (Å²) < 4.78 is 0. The smallest absolute Gasteiger partial charge is 0.160 e. The second kappa shape index (κ2) is 7.63. The van der Waals surface area contributed by atoms with Crippen molar-refractivity contribution in [3.8, 4) is 0 Å². The summed E-state index contributed by atoms with van der Waals surface area (Å²) in [5.74, 6) is 0. The van der Waals surface area contributed by atoms with Crippen LogP contribution in [-0.4, -0.2) is 35.7 Å². The molecule has 0 saturated heterocycles. The molecule has 0 radical (unpaired) electrons. The van der Waals surface area contributed by atoms with E-state index < -0.39 is 6.35 Å². The zero-order valence-electron chi connectivity index (χ0n) is 11.3. The molecular weight excluding hydrogens is 242 g/mol. The zero-order chi connectivity index (χ0) is 14.3. The number of allylic oxidation sites excluding steroid dienone is 1. The maximum absolute atomic E-state index is 9.45. The first-order valence-corrected chi connectivity index (χ1v) is 6.15. The maximum atomic E-state index is 9.45. The lowest BCUT2D eigenvalue weighted by atomic mass is 10.0. The molecular formula is C13H21N5O. The fourth-order valence-electron chi connectivity index (χ4n) is 1.57. The zero-order valence-corrected chi connectivity index (χ0v) is 11.3. The van der Waals surface area contributed by atoms with E-state index in [0.29, 0.717) is 29.9 Å². The third-order valence-corrected chi connectivity index (χ3v) is 2.78. The van der Waals surface area contributed by atoms with E-state index in [9.17, 15) is 5.11 Å². The van der Waals surface area contributed by atoms with Crippen molar-refractivity contribution in [2.45, 2.75) is 19.7 Å². The van der Waals surface area contributed by atoms with Gasteiger partial charge >= 0.3 is 0 Å². The van der Waals surface area contributed by atoms with Gasteiger partial charge < -0.3 is 10.8 Å². The third-order valence-electron chi connectivity index (χ3n) is 2.78. The highest BCUT2D eigenvalue weighted by molar-refractivity contribution is 6.11. The third kappa shape index (κ3) is 4.44. The molecule has 6 nitrogen and oxygen atoms in total. The van der Waals surface area contributed by atoms with Gasteiger partial charge in [0.25, 0.3) is 0 Å². The van der Waals surface area contributed by atoms with Crippen molar-refractivity contribution in [3.63, 3.8) is 0 Å². The van der Waals surface area contributed by atoms with Crippen molar-refractivity contribution in [2.75, 3.05) is 13.6 Å². The second-order valence-corrected chi connectivity index (χ2v) is 4.04. The van der Waals surface area contributed by atoms with Gasteiger partial charge in [-0.3, -0.25) is 21.0 Å². The highest BCUT2D eigenvalue weighted by Gasteiger charge is 2.12. The second-order valence-electron chi connectivity index (χ2n) is 4.04. The summed E-state index contributed by atoms with van der Waals surface area (Å²) in [6, 6.07) is 3.53. The Morgan fingerprint density at radius 1 is 1.47 bits per heavy atom. The van der Waals surface area contributed by atoms with E-state index in [4.69, 9.17) is 11.1 Å². The monoisotopic (exact) mass is 263 g/mol. The molecule has 104 valence electrons. The van der Waals surface area contributed by atoms with Gasteiger partial charge in [0.1, 0.15) is 0 Å². The minimum Gasteiger partial charge on any atom is -0.402 e. The molecule has 1 atom stereocenters. The number of nitrogens with zero attached hydrogens (tertiary/aromatic N) is 1. The first-order chi connectivity index (χ1) is 9.10. The van der Waals surface area contributed by atoms with Crippen molar-refractivity contribution in [1.82, 2.24) is 15.6 Å². The number of aromatic nitrogens is 1. The number of rotatable bonds is 7. The minimum absolute atomic E-state index is 0.322. The molecule has 1 unspecified atom stereocenters.